The second-order valence-corrected chi connectivity index (χ2v) is 5.58. The van der Waals surface area contributed by atoms with Gasteiger partial charge in [-0.3, -0.25) is 4.21 Å². The van der Waals surface area contributed by atoms with Crippen LogP contribution in [0.5, 0.6) is 0 Å². The number of piperidine rings is 1. The molecular weight excluding hydrogens is 234 g/mol. The van der Waals surface area contributed by atoms with Gasteiger partial charge in [0, 0.05) is 11.9 Å². The summed E-state index contributed by atoms with van der Waals surface area (Å²) in [6, 6.07) is 5.41. The number of hydrogen-bond donors (Lipinski definition) is 1. The van der Waals surface area contributed by atoms with Crippen molar-refractivity contribution in [3.8, 4) is 6.07 Å². The highest BCUT2D eigenvalue weighted by atomic mass is 32.2. The van der Waals surface area contributed by atoms with E-state index in [2.05, 4.69) is 10.3 Å². The molecule has 1 N–H and O–H groups in total. The van der Waals surface area contributed by atoms with E-state index in [4.69, 9.17) is 5.26 Å². The lowest BCUT2D eigenvalue weighted by atomic mass is 10.0. The van der Waals surface area contributed by atoms with Gasteiger partial charge in [-0.05, 0) is 44.0 Å². The Morgan fingerprint density at radius 2 is 2.29 bits per heavy atom. The van der Waals surface area contributed by atoms with E-state index < -0.39 is 10.8 Å². The van der Waals surface area contributed by atoms with Crippen LogP contribution in [0.25, 0.3) is 0 Å². The molecule has 0 spiro atoms. The van der Waals surface area contributed by atoms with E-state index in [-0.39, 0.29) is 0 Å². The first-order valence-electron chi connectivity index (χ1n) is 5.75. The monoisotopic (exact) mass is 249 g/mol. The van der Waals surface area contributed by atoms with Gasteiger partial charge < -0.3 is 5.32 Å². The molecular formula is C12H15N3OS. The molecule has 0 radical (unpaired) electrons. The van der Waals surface area contributed by atoms with Crippen molar-refractivity contribution >= 4 is 10.8 Å². The standard InChI is InChI=1S/C12H15N3OS/c13-8-11-2-1-5-15-12(11)17(16)9-10-3-6-14-7-4-10/h1-2,5,10,14H,3-4,6-7,9H2/t17-/m1/s1. The van der Waals surface area contributed by atoms with Crippen LogP contribution in [0.3, 0.4) is 0 Å². The van der Waals surface area contributed by atoms with Crippen LogP contribution in [0.15, 0.2) is 23.4 Å². The SMILES string of the molecule is N#Cc1cccnc1[S@](=O)CC1CCNCC1. The van der Waals surface area contributed by atoms with Crippen molar-refractivity contribution in [3.05, 3.63) is 23.9 Å². The van der Waals surface area contributed by atoms with E-state index >= 15 is 0 Å². The maximum atomic E-state index is 12.2. The Labute approximate surface area is 104 Å². The van der Waals surface area contributed by atoms with Crippen LogP contribution < -0.4 is 5.32 Å². The number of nitrogens with one attached hydrogen (secondary N) is 1. The zero-order valence-electron chi connectivity index (χ0n) is 9.56. The molecule has 1 atom stereocenters. The van der Waals surface area contributed by atoms with Gasteiger partial charge >= 0.3 is 0 Å². The lowest BCUT2D eigenvalue weighted by Crippen LogP contribution is -2.30. The Balaban J connectivity index is 2.06. The smallest absolute Gasteiger partial charge is 0.144 e. The topological polar surface area (TPSA) is 65.8 Å². The fourth-order valence-corrected chi connectivity index (χ4v) is 3.46. The highest BCUT2D eigenvalue weighted by Gasteiger charge is 2.19. The largest absolute Gasteiger partial charge is 0.317 e. The second-order valence-electron chi connectivity index (χ2n) is 4.17. The number of aromatic nitrogens is 1. The Kier molecular flexibility index (Phi) is 4.24. The van der Waals surface area contributed by atoms with Gasteiger partial charge in [0.1, 0.15) is 11.1 Å². The van der Waals surface area contributed by atoms with Crippen molar-refractivity contribution < 1.29 is 4.21 Å². The van der Waals surface area contributed by atoms with Crippen LogP contribution in [0.1, 0.15) is 18.4 Å². The third kappa shape index (κ3) is 3.11. The minimum absolute atomic E-state index is 0.430. The summed E-state index contributed by atoms with van der Waals surface area (Å²) >= 11 is 0. The number of nitrogens with zero attached hydrogens (tertiary/aromatic N) is 2. The normalized spacial score (nSPS) is 18.5. The second kappa shape index (κ2) is 5.89. The molecule has 4 nitrogen and oxygen atoms in total. The Morgan fingerprint density at radius 3 is 3.00 bits per heavy atom. The van der Waals surface area contributed by atoms with Gasteiger partial charge in [0.05, 0.1) is 16.4 Å². The van der Waals surface area contributed by atoms with E-state index in [1.54, 1.807) is 18.3 Å². The first kappa shape index (κ1) is 12.2. The van der Waals surface area contributed by atoms with Crippen LogP contribution in [-0.4, -0.2) is 28.0 Å². The number of pyridine rings is 1. The lowest BCUT2D eigenvalue weighted by Gasteiger charge is -2.21. The van der Waals surface area contributed by atoms with Crippen LogP contribution in [0.2, 0.25) is 0 Å². The average molecular weight is 249 g/mol. The molecule has 0 saturated carbocycles. The van der Waals surface area contributed by atoms with Gasteiger partial charge in [0.2, 0.25) is 0 Å². The van der Waals surface area contributed by atoms with Crippen molar-refractivity contribution in [2.24, 2.45) is 5.92 Å². The van der Waals surface area contributed by atoms with E-state index in [0.717, 1.165) is 25.9 Å². The summed E-state index contributed by atoms with van der Waals surface area (Å²) in [5.74, 6) is 1.10. The highest BCUT2D eigenvalue weighted by molar-refractivity contribution is 7.85. The van der Waals surface area contributed by atoms with Crippen molar-refractivity contribution in [3.63, 3.8) is 0 Å². The van der Waals surface area contributed by atoms with E-state index in [1.165, 1.54) is 0 Å². The van der Waals surface area contributed by atoms with Gasteiger partial charge in [-0.15, -0.1) is 0 Å². The molecule has 1 aliphatic heterocycles. The molecule has 1 saturated heterocycles. The summed E-state index contributed by atoms with van der Waals surface area (Å²) in [6.07, 6.45) is 3.71. The minimum atomic E-state index is -1.15. The van der Waals surface area contributed by atoms with E-state index in [9.17, 15) is 4.21 Å². The molecule has 17 heavy (non-hydrogen) atoms. The zero-order valence-corrected chi connectivity index (χ0v) is 10.4. The van der Waals surface area contributed by atoms with Gasteiger partial charge in [-0.25, -0.2) is 4.98 Å². The molecule has 90 valence electrons. The molecule has 1 aromatic rings. The molecule has 1 aliphatic rings. The number of nitriles is 1. The molecule has 0 bridgehead atoms. The molecule has 0 unspecified atom stereocenters. The maximum Gasteiger partial charge on any atom is 0.144 e. The van der Waals surface area contributed by atoms with Crippen LogP contribution in [0, 0.1) is 17.2 Å². The summed E-state index contributed by atoms with van der Waals surface area (Å²) in [6.45, 7) is 1.99. The van der Waals surface area contributed by atoms with Gasteiger partial charge in [0.25, 0.3) is 0 Å². The van der Waals surface area contributed by atoms with Crippen molar-refractivity contribution in [2.45, 2.75) is 17.9 Å². The molecule has 0 aromatic carbocycles. The van der Waals surface area contributed by atoms with Crippen molar-refractivity contribution in [1.29, 1.82) is 5.26 Å². The maximum absolute atomic E-state index is 12.2. The first-order chi connectivity index (χ1) is 8.31. The predicted octanol–water partition coefficient (Wildman–Crippen LogP) is 1.06. The van der Waals surface area contributed by atoms with E-state index in [0.29, 0.717) is 22.3 Å². The minimum Gasteiger partial charge on any atom is -0.317 e. The van der Waals surface area contributed by atoms with E-state index in [1.807, 2.05) is 6.07 Å². The molecule has 5 heteroatoms. The Hall–Kier alpha value is -1.25. The van der Waals surface area contributed by atoms with Crippen LogP contribution in [-0.2, 0) is 10.8 Å². The summed E-state index contributed by atoms with van der Waals surface area (Å²) < 4.78 is 12.2. The quantitative estimate of drug-likeness (QED) is 0.870. The fourth-order valence-electron chi connectivity index (χ4n) is 2.00. The average Bonchev–Trinajstić information content (AvgIpc) is 2.40. The van der Waals surface area contributed by atoms with Gasteiger partial charge in [0.15, 0.2) is 0 Å². The van der Waals surface area contributed by atoms with Gasteiger partial charge in [-0.2, -0.15) is 5.26 Å². The predicted molar refractivity (Wildman–Crippen MR) is 65.8 cm³/mol. The first-order valence-corrected chi connectivity index (χ1v) is 7.07. The van der Waals surface area contributed by atoms with Crippen LogP contribution >= 0.6 is 0 Å². The summed E-state index contributed by atoms with van der Waals surface area (Å²) in [7, 11) is -1.15. The Morgan fingerprint density at radius 1 is 1.53 bits per heavy atom. The zero-order chi connectivity index (χ0) is 12.1. The third-order valence-corrected chi connectivity index (χ3v) is 4.48. The summed E-state index contributed by atoms with van der Waals surface area (Å²) in [5, 5.41) is 12.7. The Bertz CT molecular complexity index is 449. The third-order valence-electron chi connectivity index (χ3n) is 2.95. The van der Waals surface area contributed by atoms with Crippen molar-refractivity contribution in [1.82, 2.24) is 10.3 Å². The molecule has 0 aliphatic carbocycles. The molecule has 2 heterocycles. The van der Waals surface area contributed by atoms with Gasteiger partial charge in [-0.1, -0.05) is 0 Å². The molecule has 1 fully saturated rings. The summed E-state index contributed by atoms with van der Waals surface area (Å²) in [5.41, 5.74) is 0.430. The fraction of sp³-hybridized carbons (Fsp3) is 0.500. The summed E-state index contributed by atoms with van der Waals surface area (Å²) in [4.78, 5) is 4.08. The lowest BCUT2D eigenvalue weighted by molar-refractivity contribution is 0.405. The molecule has 0 amide bonds. The number of hydrogen-bond acceptors (Lipinski definition) is 4. The van der Waals surface area contributed by atoms with Crippen molar-refractivity contribution in [2.75, 3.05) is 18.8 Å². The van der Waals surface area contributed by atoms with Crippen LogP contribution in [0.4, 0.5) is 0 Å². The molecule has 1 aromatic heterocycles. The number of rotatable bonds is 3. The molecule has 2 rings (SSSR count). The highest BCUT2D eigenvalue weighted by Crippen LogP contribution is 2.17.